The Morgan fingerprint density at radius 2 is 1.47 bits per heavy atom. The van der Waals surface area contributed by atoms with E-state index in [0.29, 0.717) is 34.0 Å². The normalized spacial score (nSPS) is 14.9. The maximum Gasteiger partial charge on any atom is 0.261 e. The summed E-state index contributed by atoms with van der Waals surface area (Å²) in [7, 11) is -3.81. The zero-order chi connectivity index (χ0) is 26.7. The van der Waals surface area contributed by atoms with Gasteiger partial charge in [0.2, 0.25) is 11.8 Å². The van der Waals surface area contributed by atoms with E-state index in [4.69, 9.17) is 4.99 Å². The van der Waals surface area contributed by atoms with Crippen LogP contribution in [0.3, 0.4) is 0 Å². The second-order valence-corrected chi connectivity index (χ2v) is 10.4. The maximum absolute atomic E-state index is 13.3. The summed E-state index contributed by atoms with van der Waals surface area (Å²) in [6, 6.07) is 29.4. The van der Waals surface area contributed by atoms with Crippen molar-refractivity contribution in [1.82, 2.24) is 0 Å². The highest BCUT2D eigenvalue weighted by molar-refractivity contribution is 7.92. The van der Waals surface area contributed by atoms with Crippen LogP contribution < -0.4 is 15.4 Å². The van der Waals surface area contributed by atoms with Crippen LogP contribution in [-0.2, 0) is 19.6 Å². The quantitative estimate of drug-likeness (QED) is 0.284. The highest BCUT2D eigenvalue weighted by Gasteiger charge is 2.36. The van der Waals surface area contributed by atoms with Crippen LogP contribution in [0, 0.1) is 0 Å². The summed E-state index contributed by atoms with van der Waals surface area (Å²) in [4.78, 5) is 29.6. The monoisotopic (exact) mass is 524 g/mol. The van der Waals surface area contributed by atoms with Crippen molar-refractivity contribution in [3.05, 3.63) is 114 Å². The lowest BCUT2D eigenvalue weighted by Crippen LogP contribution is -2.22. The number of anilines is 3. The highest BCUT2D eigenvalue weighted by atomic mass is 32.2. The standard InChI is InChI=1S/C29H24N4O4S/c1-19(34)30-21-12-14-22(15-13-21)31-28(20-8-4-2-5-9-20)27-25-18-23(16-17-26(25)32-29(27)35)33-38(36,37)24-10-6-3-7-11-24/h2-18,27,33H,1H3,(H,30,34)(H,32,35). The Kier molecular flexibility index (Phi) is 6.76. The molecule has 1 aliphatic rings. The molecule has 2 amide bonds. The number of carbonyl (C=O) groups is 2. The van der Waals surface area contributed by atoms with Gasteiger partial charge in [-0.25, -0.2) is 8.42 Å². The van der Waals surface area contributed by atoms with Crippen LogP contribution in [0.2, 0.25) is 0 Å². The fraction of sp³-hybridized carbons (Fsp3) is 0.0690. The minimum Gasteiger partial charge on any atom is -0.326 e. The van der Waals surface area contributed by atoms with Crippen molar-refractivity contribution in [2.75, 3.05) is 15.4 Å². The van der Waals surface area contributed by atoms with Crippen molar-refractivity contribution in [3.63, 3.8) is 0 Å². The molecule has 4 aromatic carbocycles. The van der Waals surface area contributed by atoms with Gasteiger partial charge in [-0.15, -0.1) is 0 Å². The Hall–Kier alpha value is -4.76. The molecule has 1 unspecified atom stereocenters. The Labute approximate surface area is 220 Å². The number of hydrogen-bond donors (Lipinski definition) is 3. The number of carbonyl (C=O) groups excluding carboxylic acids is 2. The molecule has 38 heavy (non-hydrogen) atoms. The van der Waals surface area contributed by atoms with E-state index in [1.54, 1.807) is 60.7 Å². The van der Waals surface area contributed by atoms with Crippen LogP contribution in [0.5, 0.6) is 0 Å². The fourth-order valence-corrected chi connectivity index (χ4v) is 5.35. The van der Waals surface area contributed by atoms with Gasteiger partial charge in [-0.05, 0) is 65.7 Å². The van der Waals surface area contributed by atoms with Gasteiger partial charge in [0.25, 0.3) is 10.0 Å². The van der Waals surface area contributed by atoms with Gasteiger partial charge < -0.3 is 10.6 Å². The molecule has 1 heterocycles. The van der Waals surface area contributed by atoms with Crippen LogP contribution in [0.15, 0.2) is 113 Å². The third-order valence-electron chi connectivity index (χ3n) is 5.97. The molecule has 0 aliphatic carbocycles. The summed E-state index contributed by atoms with van der Waals surface area (Å²) >= 11 is 0. The summed E-state index contributed by atoms with van der Waals surface area (Å²) in [5.41, 5.74) is 4.03. The molecule has 0 radical (unpaired) electrons. The second-order valence-electron chi connectivity index (χ2n) is 8.73. The number of sulfonamides is 1. The molecule has 0 saturated heterocycles. The second kappa shape index (κ2) is 10.3. The van der Waals surface area contributed by atoms with Gasteiger partial charge in [0.1, 0.15) is 5.92 Å². The van der Waals surface area contributed by atoms with Crippen molar-refractivity contribution in [2.45, 2.75) is 17.7 Å². The average molecular weight is 525 g/mol. The first kappa shape index (κ1) is 24.9. The molecule has 0 spiro atoms. The number of benzene rings is 4. The molecular formula is C29H24N4O4S. The smallest absolute Gasteiger partial charge is 0.261 e. The number of amides is 2. The highest BCUT2D eigenvalue weighted by Crippen LogP contribution is 2.38. The zero-order valence-corrected chi connectivity index (χ0v) is 21.2. The van der Waals surface area contributed by atoms with Gasteiger partial charge in [0, 0.05) is 24.0 Å². The third-order valence-corrected chi connectivity index (χ3v) is 7.37. The Bertz CT molecular complexity index is 1640. The lowest BCUT2D eigenvalue weighted by atomic mass is 9.90. The van der Waals surface area contributed by atoms with Crippen LogP contribution in [0.1, 0.15) is 24.0 Å². The first-order valence-electron chi connectivity index (χ1n) is 11.8. The third kappa shape index (κ3) is 5.33. The minimum atomic E-state index is -3.81. The van der Waals surface area contributed by atoms with E-state index in [2.05, 4.69) is 15.4 Å². The molecule has 5 rings (SSSR count). The molecule has 1 aliphatic heterocycles. The largest absolute Gasteiger partial charge is 0.326 e. The minimum absolute atomic E-state index is 0.139. The molecule has 1 atom stereocenters. The number of fused-ring (bicyclic) bond motifs is 1. The SMILES string of the molecule is CC(=O)Nc1ccc(N=C(c2ccccc2)C2C(=O)Nc3ccc(NS(=O)(=O)c4ccccc4)cc32)cc1. The summed E-state index contributed by atoms with van der Waals surface area (Å²) < 4.78 is 28.4. The molecular weight excluding hydrogens is 500 g/mol. The van der Waals surface area contributed by atoms with Crippen LogP contribution in [0.25, 0.3) is 0 Å². The van der Waals surface area contributed by atoms with Gasteiger partial charge >= 0.3 is 0 Å². The lowest BCUT2D eigenvalue weighted by Gasteiger charge is -2.15. The number of aliphatic imine (C=N–C) groups is 1. The maximum atomic E-state index is 13.3. The zero-order valence-electron chi connectivity index (χ0n) is 20.4. The van der Waals surface area contributed by atoms with Crippen molar-refractivity contribution < 1.29 is 18.0 Å². The molecule has 0 aromatic heterocycles. The van der Waals surface area contributed by atoms with Crippen LogP contribution in [-0.4, -0.2) is 25.9 Å². The lowest BCUT2D eigenvalue weighted by molar-refractivity contribution is -0.116. The van der Waals surface area contributed by atoms with E-state index >= 15 is 0 Å². The number of nitrogens with one attached hydrogen (secondary N) is 3. The van der Waals surface area contributed by atoms with Crippen molar-refractivity contribution in [3.8, 4) is 0 Å². The summed E-state index contributed by atoms with van der Waals surface area (Å²) in [6.07, 6.45) is 0. The van der Waals surface area contributed by atoms with Gasteiger partial charge in [0.15, 0.2) is 0 Å². The van der Waals surface area contributed by atoms with Crippen molar-refractivity contribution in [1.29, 1.82) is 0 Å². The summed E-state index contributed by atoms with van der Waals surface area (Å²) in [5.74, 6) is -1.21. The number of nitrogens with zero attached hydrogens (tertiary/aromatic N) is 1. The van der Waals surface area contributed by atoms with Gasteiger partial charge in [-0.1, -0.05) is 48.5 Å². The molecule has 190 valence electrons. The fourth-order valence-electron chi connectivity index (χ4n) is 4.28. The van der Waals surface area contributed by atoms with E-state index in [9.17, 15) is 18.0 Å². The van der Waals surface area contributed by atoms with E-state index in [-0.39, 0.29) is 16.7 Å². The Morgan fingerprint density at radius 3 is 2.13 bits per heavy atom. The number of rotatable bonds is 7. The molecule has 0 bridgehead atoms. The van der Waals surface area contributed by atoms with Crippen LogP contribution in [0.4, 0.5) is 22.7 Å². The van der Waals surface area contributed by atoms with Crippen LogP contribution >= 0.6 is 0 Å². The Morgan fingerprint density at radius 1 is 0.842 bits per heavy atom. The van der Waals surface area contributed by atoms with E-state index in [1.165, 1.54) is 19.1 Å². The Balaban J connectivity index is 1.54. The van der Waals surface area contributed by atoms with E-state index in [1.807, 2.05) is 30.3 Å². The van der Waals surface area contributed by atoms with E-state index < -0.39 is 15.9 Å². The summed E-state index contributed by atoms with van der Waals surface area (Å²) in [6.45, 7) is 1.43. The number of hydrogen-bond acceptors (Lipinski definition) is 5. The molecule has 9 heteroatoms. The summed E-state index contributed by atoms with van der Waals surface area (Å²) in [5, 5.41) is 5.61. The van der Waals surface area contributed by atoms with Gasteiger partial charge in [0.05, 0.1) is 16.3 Å². The van der Waals surface area contributed by atoms with Gasteiger partial charge in [-0.3, -0.25) is 19.3 Å². The molecule has 8 nitrogen and oxygen atoms in total. The molecule has 3 N–H and O–H groups in total. The molecule has 4 aromatic rings. The predicted octanol–water partition coefficient (Wildman–Crippen LogP) is 5.30. The van der Waals surface area contributed by atoms with Gasteiger partial charge in [-0.2, -0.15) is 0 Å². The van der Waals surface area contributed by atoms with Crippen molar-refractivity contribution in [2.24, 2.45) is 4.99 Å². The van der Waals surface area contributed by atoms with Crippen molar-refractivity contribution >= 4 is 50.3 Å². The molecule has 0 fully saturated rings. The average Bonchev–Trinajstić information content (AvgIpc) is 3.23. The predicted molar refractivity (Wildman–Crippen MR) is 148 cm³/mol. The van der Waals surface area contributed by atoms with E-state index in [0.717, 1.165) is 5.56 Å². The molecule has 0 saturated carbocycles. The first-order valence-corrected chi connectivity index (χ1v) is 13.3. The topological polar surface area (TPSA) is 117 Å². The first-order chi connectivity index (χ1) is 18.3.